The van der Waals surface area contributed by atoms with E-state index in [4.69, 9.17) is 9.47 Å². The van der Waals surface area contributed by atoms with Crippen molar-refractivity contribution < 1.29 is 14.3 Å². The number of anilines is 1. The third kappa shape index (κ3) is 3.46. The molecule has 148 valence electrons. The number of carbonyl (C=O) groups is 1. The Labute approximate surface area is 164 Å². The zero-order valence-corrected chi connectivity index (χ0v) is 16.3. The quantitative estimate of drug-likeness (QED) is 0.780. The minimum atomic E-state index is -0.526. The summed E-state index contributed by atoms with van der Waals surface area (Å²) in [5.41, 5.74) is 0.405. The molecule has 2 aromatic rings. The minimum Gasteiger partial charge on any atom is -0.496 e. The molecule has 1 aliphatic heterocycles. The van der Waals surface area contributed by atoms with Crippen LogP contribution in [0.5, 0.6) is 11.8 Å². The van der Waals surface area contributed by atoms with E-state index in [1.807, 2.05) is 24.3 Å². The molecule has 28 heavy (non-hydrogen) atoms. The Morgan fingerprint density at radius 1 is 1.11 bits per heavy atom. The standard InChI is InChI=1S/C20H25N5O3/c1-27-15-8-4-3-7-14(15)20(9-10-20)17(26)21-13-16-22-18(24-19(23-16)28-2)25-11-5-6-12-25/h3-4,7-8H,5-6,9-13H2,1-2H3,(H,21,26). The fourth-order valence-corrected chi connectivity index (χ4v) is 3.73. The molecule has 0 radical (unpaired) electrons. The molecule has 0 atom stereocenters. The number of hydrogen-bond acceptors (Lipinski definition) is 7. The van der Waals surface area contributed by atoms with Crippen molar-refractivity contribution in [3.8, 4) is 11.8 Å². The van der Waals surface area contributed by atoms with E-state index in [1.54, 1.807) is 7.11 Å². The van der Waals surface area contributed by atoms with E-state index >= 15 is 0 Å². The summed E-state index contributed by atoms with van der Waals surface area (Å²) in [6.07, 6.45) is 3.86. The number of ether oxygens (including phenoxy) is 2. The van der Waals surface area contributed by atoms with Gasteiger partial charge in [-0.1, -0.05) is 18.2 Å². The Balaban J connectivity index is 1.50. The Morgan fingerprint density at radius 3 is 2.54 bits per heavy atom. The number of para-hydroxylation sites is 1. The molecule has 1 aromatic heterocycles. The minimum absolute atomic E-state index is 0.0286. The van der Waals surface area contributed by atoms with Crippen LogP contribution in [0, 0.1) is 0 Å². The summed E-state index contributed by atoms with van der Waals surface area (Å²) >= 11 is 0. The van der Waals surface area contributed by atoms with Crippen molar-refractivity contribution >= 4 is 11.9 Å². The molecule has 8 heteroatoms. The highest BCUT2D eigenvalue weighted by atomic mass is 16.5. The maximum atomic E-state index is 13.0. The molecule has 4 rings (SSSR count). The van der Waals surface area contributed by atoms with Crippen LogP contribution >= 0.6 is 0 Å². The second-order valence-corrected chi connectivity index (χ2v) is 7.20. The predicted octanol–water partition coefficient (Wildman–Crippen LogP) is 1.84. The number of hydrogen-bond donors (Lipinski definition) is 1. The molecule has 1 N–H and O–H groups in total. The van der Waals surface area contributed by atoms with E-state index < -0.39 is 5.41 Å². The predicted molar refractivity (Wildman–Crippen MR) is 104 cm³/mol. The van der Waals surface area contributed by atoms with Gasteiger partial charge >= 0.3 is 6.01 Å². The fraction of sp³-hybridized carbons (Fsp3) is 0.500. The van der Waals surface area contributed by atoms with Crippen molar-refractivity contribution in [3.05, 3.63) is 35.7 Å². The van der Waals surface area contributed by atoms with Gasteiger partial charge in [0, 0.05) is 18.7 Å². The van der Waals surface area contributed by atoms with Gasteiger partial charge in [-0.25, -0.2) is 0 Å². The molecule has 1 saturated heterocycles. The van der Waals surface area contributed by atoms with Gasteiger partial charge in [-0.15, -0.1) is 0 Å². The number of rotatable bonds is 7. The van der Waals surface area contributed by atoms with Crippen LogP contribution < -0.4 is 19.7 Å². The van der Waals surface area contributed by atoms with Crippen molar-refractivity contribution in [1.82, 2.24) is 20.3 Å². The summed E-state index contributed by atoms with van der Waals surface area (Å²) in [6, 6.07) is 7.97. The van der Waals surface area contributed by atoms with Crippen molar-refractivity contribution in [2.75, 3.05) is 32.2 Å². The van der Waals surface area contributed by atoms with Crippen molar-refractivity contribution in [2.24, 2.45) is 0 Å². The summed E-state index contributed by atoms with van der Waals surface area (Å²) in [5, 5.41) is 3.00. The monoisotopic (exact) mass is 383 g/mol. The van der Waals surface area contributed by atoms with E-state index in [-0.39, 0.29) is 18.5 Å². The lowest BCUT2D eigenvalue weighted by atomic mass is 9.94. The fourth-order valence-electron chi connectivity index (χ4n) is 3.73. The smallest absolute Gasteiger partial charge is 0.321 e. The zero-order chi connectivity index (χ0) is 19.6. The van der Waals surface area contributed by atoms with Crippen molar-refractivity contribution in [1.29, 1.82) is 0 Å². The lowest BCUT2D eigenvalue weighted by Gasteiger charge is -2.19. The largest absolute Gasteiger partial charge is 0.496 e. The van der Waals surface area contributed by atoms with E-state index in [0.717, 1.165) is 50.1 Å². The Bertz CT molecular complexity index is 863. The highest BCUT2D eigenvalue weighted by Crippen LogP contribution is 2.51. The van der Waals surface area contributed by atoms with Crippen LogP contribution in [0.2, 0.25) is 0 Å². The summed E-state index contributed by atoms with van der Waals surface area (Å²) in [6.45, 7) is 2.08. The summed E-state index contributed by atoms with van der Waals surface area (Å²) in [4.78, 5) is 28.3. The molecular formula is C20H25N5O3. The number of amides is 1. The number of methoxy groups -OCH3 is 2. The maximum absolute atomic E-state index is 13.0. The number of benzene rings is 1. The second kappa shape index (κ2) is 7.61. The SMILES string of the molecule is COc1nc(CNC(=O)C2(c3ccccc3OC)CC2)nc(N2CCCC2)n1. The molecule has 1 saturated carbocycles. The van der Waals surface area contributed by atoms with Gasteiger partial charge in [-0.2, -0.15) is 15.0 Å². The van der Waals surface area contributed by atoms with Gasteiger partial charge in [0.1, 0.15) is 5.75 Å². The van der Waals surface area contributed by atoms with E-state index in [9.17, 15) is 4.79 Å². The molecule has 0 unspecified atom stereocenters. The number of nitrogens with zero attached hydrogens (tertiary/aromatic N) is 4. The molecule has 1 aromatic carbocycles. The van der Waals surface area contributed by atoms with Crippen LogP contribution in [0.1, 0.15) is 37.1 Å². The molecule has 1 amide bonds. The van der Waals surface area contributed by atoms with Gasteiger partial charge in [0.05, 0.1) is 26.2 Å². The first-order valence-corrected chi connectivity index (χ1v) is 9.62. The van der Waals surface area contributed by atoms with Crippen molar-refractivity contribution in [3.63, 3.8) is 0 Å². The molecule has 2 aliphatic rings. The van der Waals surface area contributed by atoms with Crippen LogP contribution in [0.4, 0.5) is 5.95 Å². The highest BCUT2D eigenvalue weighted by Gasteiger charge is 2.52. The van der Waals surface area contributed by atoms with E-state index in [2.05, 4.69) is 25.2 Å². The molecule has 0 spiro atoms. The summed E-state index contributed by atoms with van der Waals surface area (Å²) in [7, 11) is 3.16. The van der Waals surface area contributed by atoms with Crippen LogP contribution in [0.25, 0.3) is 0 Å². The van der Waals surface area contributed by atoms with Gasteiger partial charge in [0.25, 0.3) is 0 Å². The van der Waals surface area contributed by atoms with Gasteiger partial charge in [0.2, 0.25) is 11.9 Å². The first kappa shape index (κ1) is 18.5. The van der Waals surface area contributed by atoms with Crippen LogP contribution in [-0.2, 0) is 16.8 Å². The molecule has 2 heterocycles. The third-order valence-corrected chi connectivity index (χ3v) is 5.44. The summed E-state index contributed by atoms with van der Waals surface area (Å²) in [5.74, 6) is 1.82. The number of carbonyl (C=O) groups excluding carboxylic acids is 1. The normalized spacial score (nSPS) is 17.3. The van der Waals surface area contributed by atoms with Crippen LogP contribution in [0.15, 0.2) is 24.3 Å². The topological polar surface area (TPSA) is 89.5 Å². The highest BCUT2D eigenvalue weighted by molar-refractivity contribution is 5.92. The molecule has 8 nitrogen and oxygen atoms in total. The number of aromatic nitrogens is 3. The molecular weight excluding hydrogens is 358 g/mol. The first-order chi connectivity index (χ1) is 13.7. The van der Waals surface area contributed by atoms with E-state index in [1.165, 1.54) is 7.11 Å². The average Bonchev–Trinajstić information content (AvgIpc) is 3.37. The summed E-state index contributed by atoms with van der Waals surface area (Å²) < 4.78 is 10.7. The molecule has 1 aliphatic carbocycles. The second-order valence-electron chi connectivity index (χ2n) is 7.20. The molecule has 2 fully saturated rings. The Kier molecular flexibility index (Phi) is 5.02. The Morgan fingerprint density at radius 2 is 1.86 bits per heavy atom. The van der Waals surface area contributed by atoms with E-state index in [0.29, 0.717) is 11.8 Å². The van der Waals surface area contributed by atoms with Crippen LogP contribution in [0.3, 0.4) is 0 Å². The van der Waals surface area contributed by atoms with Gasteiger partial charge < -0.3 is 19.7 Å². The molecule has 0 bridgehead atoms. The maximum Gasteiger partial charge on any atom is 0.321 e. The zero-order valence-electron chi connectivity index (χ0n) is 16.3. The average molecular weight is 383 g/mol. The van der Waals surface area contributed by atoms with Crippen LogP contribution in [-0.4, -0.2) is 48.2 Å². The van der Waals surface area contributed by atoms with Gasteiger partial charge in [0.15, 0.2) is 5.82 Å². The van der Waals surface area contributed by atoms with Gasteiger partial charge in [-0.05, 0) is 31.7 Å². The number of nitrogens with one attached hydrogen (secondary N) is 1. The lowest BCUT2D eigenvalue weighted by Crippen LogP contribution is -2.35. The first-order valence-electron chi connectivity index (χ1n) is 9.62. The van der Waals surface area contributed by atoms with Gasteiger partial charge in [-0.3, -0.25) is 4.79 Å². The Hall–Kier alpha value is -2.90. The lowest BCUT2D eigenvalue weighted by molar-refractivity contribution is -0.123. The van der Waals surface area contributed by atoms with Crippen molar-refractivity contribution in [2.45, 2.75) is 37.6 Å². The third-order valence-electron chi connectivity index (χ3n) is 5.44.